The number of rotatable bonds is 3. The highest BCUT2D eigenvalue weighted by Crippen LogP contribution is 2.23. The Balaban J connectivity index is 2.51. The van der Waals surface area contributed by atoms with Crippen LogP contribution in [-0.2, 0) is 0 Å². The molecule has 0 atom stereocenters. The number of hydrogen-bond donors (Lipinski definition) is 2. The molecule has 0 unspecified atom stereocenters. The summed E-state index contributed by atoms with van der Waals surface area (Å²) in [6, 6.07) is 1.42. The molecule has 0 fully saturated rings. The minimum Gasteiger partial charge on any atom is -0.397 e. The second-order valence-corrected chi connectivity index (χ2v) is 3.30. The van der Waals surface area contributed by atoms with Gasteiger partial charge in [-0.15, -0.1) is 0 Å². The topological polar surface area (TPSA) is 50.9 Å². The van der Waals surface area contributed by atoms with Crippen molar-refractivity contribution in [3.63, 3.8) is 0 Å². The van der Waals surface area contributed by atoms with Gasteiger partial charge < -0.3 is 11.1 Å². The van der Waals surface area contributed by atoms with Crippen molar-refractivity contribution in [1.29, 1.82) is 0 Å². The van der Waals surface area contributed by atoms with E-state index < -0.39 is 12.6 Å². The monoisotopic (exact) mass is 239 g/mol. The van der Waals surface area contributed by atoms with E-state index in [-0.39, 0.29) is 17.4 Å². The van der Waals surface area contributed by atoms with Crippen molar-refractivity contribution in [2.45, 2.75) is 12.6 Å². The molecule has 0 aliphatic heterocycles. The minimum absolute atomic E-state index is 0.204. The van der Waals surface area contributed by atoms with Crippen LogP contribution in [0.25, 0.3) is 0 Å². The molecule has 1 aromatic heterocycles. The van der Waals surface area contributed by atoms with Gasteiger partial charge in [0.2, 0.25) is 0 Å². The predicted octanol–water partition coefficient (Wildman–Crippen LogP) is 2.68. The number of aromatic nitrogens is 1. The van der Waals surface area contributed by atoms with Crippen molar-refractivity contribution in [2.24, 2.45) is 0 Å². The van der Waals surface area contributed by atoms with Crippen LogP contribution < -0.4 is 11.1 Å². The Labute approximate surface area is 89.4 Å². The van der Waals surface area contributed by atoms with E-state index in [9.17, 15) is 13.2 Å². The van der Waals surface area contributed by atoms with Crippen molar-refractivity contribution in [3.8, 4) is 0 Å². The number of nitrogens with one attached hydrogen (secondary N) is 1. The van der Waals surface area contributed by atoms with Gasteiger partial charge in [-0.25, -0.2) is 4.98 Å². The Morgan fingerprint density at radius 3 is 2.67 bits per heavy atom. The zero-order valence-corrected chi connectivity index (χ0v) is 8.36. The van der Waals surface area contributed by atoms with Gasteiger partial charge in [-0.05, 0) is 6.07 Å². The van der Waals surface area contributed by atoms with Crippen molar-refractivity contribution in [3.05, 3.63) is 17.3 Å². The average Bonchev–Trinajstić information content (AvgIpc) is 2.07. The fourth-order valence-electron chi connectivity index (χ4n) is 0.905. The zero-order valence-electron chi connectivity index (χ0n) is 7.61. The van der Waals surface area contributed by atoms with Crippen LogP contribution in [0.2, 0.25) is 5.02 Å². The van der Waals surface area contributed by atoms with Crippen molar-refractivity contribution in [1.82, 2.24) is 4.98 Å². The zero-order chi connectivity index (χ0) is 11.5. The molecule has 3 nitrogen and oxygen atoms in total. The predicted molar refractivity (Wildman–Crippen MR) is 52.8 cm³/mol. The summed E-state index contributed by atoms with van der Waals surface area (Å²) in [6.07, 6.45) is -3.80. The number of anilines is 2. The number of nitrogen functional groups attached to an aromatic ring is 1. The number of halogens is 4. The fourth-order valence-corrected chi connectivity index (χ4v) is 1.15. The van der Waals surface area contributed by atoms with E-state index in [1.54, 1.807) is 0 Å². The molecule has 0 bridgehead atoms. The molecule has 0 saturated carbocycles. The third kappa shape index (κ3) is 4.24. The molecule has 0 aliphatic rings. The average molecular weight is 240 g/mol. The summed E-state index contributed by atoms with van der Waals surface area (Å²) in [5.74, 6) is 0.204. The summed E-state index contributed by atoms with van der Waals surface area (Å²) in [7, 11) is 0. The first-order valence-corrected chi connectivity index (χ1v) is 4.48. The molecule has 7 heteroatoms. The van der Waals surface area contributed by atoms with E-state index in [0.29, 0.717) is 5.69 Å². The van der Waals surface area contributed by atoms with E-state index >= 15 is 0 Å². The second kappa shape index (κ2) is 4.57. The molecule has 0 saturated heterocycles. The molecule has 0 amide bonds. The highest BCUT2D eigenvalue weighted by Gasteiger charge is 2.26. The summed E-state index contributed by atoms with van der Waals surface area (Å²) >= 11 is 5.69. The van der Waals surface area contributed by atoms with Crippen LogP contribution in [0.4, 0.5) is 24.7 Å². The smallest absolute Gasteiger partial charge is 0.390 e. The first kappa shape index (κ1) is 11.9. The molecular weight excluding hydrogens is 231 g/mol. The van der Waals surface area contributed by atoms with Crippen molar-refractivity contribution >= 4 is 23.1 Å². The lowest BCUT2D eigenvalue weighted by atomic mass is 10.4. The standard InChI is InChI=1S/C8H9ClF3N3/c9-6-3-5(13)4-15-7(6)14-2-1-8(10,11)12/h3-4H,1-2,13H2,(H,14,15). The summed E-state index contributed by atoms with van der Waals surface area (Å²) in [5, 5.41) is 2.68. The number of alkyl halides is 3. The first-order valence-electron chi connectivity index (χ1n) is 4.10. The molecule has 0 radical (unpaired) electrons. The van der Waals surface area contributed by atoms with Crippen LogP contribution >= 0.6 is 11.6 Å². The summed E-state index contributed by atoms with van der Waals surface area (Å²) in [4.78, 5) is 3.76. The van der Waals surface area contributed by atoms with Gasteiger partial charge in [0.05, 0.1) is 23.3 Å². The van der Waals surface area contributed by atoms with Gasteiger partial charge in [-0.3, -0.25) is 0 Å². The maximum Gasteiger partial charge on any atom is 0.390 e. The lowest BCUT2D eigenvalue weighted by Crippen LogP contribution is -2.15. The molecule has 0 spiro atoms. The normalized spacial score (nSPS) is 11.5. The Hall–Kier alpha value is -1.17. The van der Waals surface area contributed by atoms with Gasteiger partial charge >= 0.3 is 6.18 Å². The van der Waals surface area contributed by atoms with Crippen LogP contribution in [0.5, 0.6) is 0 Å². The molecule has 1 rings (SSSR count). The SMILES string of the molecule is Nc1cnc(NCCC(F)(F)F)c(Cl)c1. The van der Waals surface area contributed by atoms with Crippen LogP contribution in [0.3, 0.4) is 0 Å². The van der Waals surface area contributed by atoms with Gasteiger partial charge in [-0.2, -0.15) is 13.2 Å². The van der Waals surface area contributed by atoms with E-state index in [2.05, 4.69) is 10.3 Å². The van der Waals surface area contributed by atoms with E-state index in [0.717, 1.165) is 0 Å². The van der Waals surface area contributed by atoms with E-state index in [1.807, 2.05) is 0 Å². The number of nitrogens with zero attached hydrogens (tertiary/aromatic N) is 1. The highest BCUT2D eigenvalue weighted by molar-refractivity contribution is 6.33. The van der Waals surface area contributed by atoms with Gasteiger partial charge in [-0.1, -0.05) is 11.6 Å². The molecule has 0 aliphatic carbocycles. The first-order chi connectivity index (χ1) is 6.88. The maximum atomic E-state index is 11.8. The Morgan fingerprint density at radius 2 is 2.13 bits per heavy atom. The van der Waals surface area contributed by atoms with Crippen LogP contribution in [0, 0.1) is 0 Å². The summed E-state index contributed by atoms with van der Waals surface area (Å²) in [6.45, 7) is -0.264. The number of pyridine rings is 1. The van der Waals surface area contributed by atoms with E-state index in [4.69, 9.17) is 17.3 Å². The number of hydrogen-bond acceptors (Lipinski definition) is 3. The molecule has 1 aromatic rings. The van der Waals surface area contributed by atoms with Gasteiger partial charge in [0.15, 0.2) is 0 Å². The largest absolute Gasteiger partial charge is 0.397 e. The van der Waals surface area contributed by atoms with Gasteiger partial charge in [0.1, 0.15) is 5.82 Å². The second-order valence-electron chi connectivity index (χ2n) is 2.89. The van der Waals surface area contributed by atoms with Crippen molar-refractivity contribution in [2.75, 3.05) is 17.6 Å². The van der Waals surface area contributed by atoms with Crippen LogP contribution in [0.15, 0.2) is 12.3 Å². The fraction of sp³-hybridized carbons (Fsp3) is 0.375. The maximum absolute atomic E-state index is 11.8. The molecule has 0 aromatic carbocycles. The highest BCUT2D eigenvalue weighted by atomic mass is 35.5. The Morgan fingerprint density at radius 1 is 1.47 bits per heavy atom. The lowest BCUT2D eigenvalue weighted by molar-refractivity contribution is -0.131. The lowest BCUT2D eigenvalue weighted by Gasteiger charge is -2.09. The molecule has 3 N–H and O–H groups in total. The van der Waals surface area contributed by atoms with Crippen LogP contribution in [-0.4, -0.2) is 17.7 Å². The summed E-state index contributed by atoms with van der Waals surface area (Å²) in [5.41, 5.74) is 5.73. The summed E-state index contributed by atoms with van der Waals surface area (Å²) < 4.78 is 35.4. The number of nitrogens with two attached hydrogens (primary N) is 1. The molecule has 84 valence electrons. The molecule has 1 heterocycles. The van der Waals surface area contributed by atoms with E-state index in [1.165, 1.54) is 12.3 Å². The quantitative estimate of drug-likeness (QED) is 0.853. The third-order valence-electron chi connectivity index (χ3n) is 1.56. The minimum atomic E-state index is -4.19. The molecule has 15 heavy (non-hydrogen) atoms. The van der Waals surface area contributed by atoms with Gasteiger partial charge in [0.25, 0.3) is 0 Å². The third-order valence-corrected chi connectivity index (χ3v) is 1.85. The molecular formula is C8H9ClF3N3. The van der Waals surface area contributed by atoms with Gasteiger partial charge in [0, 0.05) is 6.54 Å². The van der Waals surface area contributed by atoms with Crippen molar-refractivity contribution < 1.29 is 13.2 Å². The van der Waals surface area contributed by atoms with Crippen LogP contribution in [0.1, 0.15) is 6.42 Å². The Kier molecular flexibility index (Phi) is 3.62. The Bertz CT molecular complexity index is 340.